The van der Waals surface area contributed by atoms with Gasteiger partial charge in [0.05, 0.1) is 18.8 Å². The standard InChI is InChI=1S/C12H25NO3/c1-11(9-14,10-15)7-13(2)8-12(16)5-3-4-6-12/h14-16H,3-10H2,1-2H3. The summed E-state index contributed by atoms with van der Waals surface area (Å²) < 4.78 is 0. The van der Waals surface area contributed by atoms with Crippen molar-refractivity contribution in [3.63, 3.8) is 0 Å². The van der Waals surface area contributed by atoms with Gasteiger partial charge in [0.15, 0.2) is 0 Å². The lowest BCUT2D eigenvalue weighted by molar-refractivity contribution is -0.0116. The lowest BCUT2D eigenvalue weighted by Gasteiger charge is -2.34. The lowest BCUT2D eigenvalue weighted by atomic mass is 9.91. The van der Waals surface area contributed by atoms with Crippen LogP contribution < -0.4 is 0 Å². The topological polar surface area (TPSA) is 63.9 Å². The monoisotopic (exact) mass is 231 g/mol. The highest BCUT2D eigenvalue weighted by molar-refractivity contribution is 4.88. The summed E-state index contributed by atoms with van der Waals surface area (Å²) in [6, 6.07) is 0. The van der Waals surface area contributed by atoms with Gasteiger partial charge >= 0.3 is 0 Å². The molecule has 1 aliphatic carbocycles. The van der Waals surface area contributed by atoms with Crippen LogP contribution in [0.3, 0.4) is 0 Å². The summed E-state index contributed by atoms with van der Waals surface area (Å²) >= 11 is 0. The summed E-state index contributed by atoms with van der Waals surface area (Å²) in [5.74, 6) is 0. The summed E-state index contributed by atoms with van der Waals surface area (Å²) in [4.78, 5) is 2.01. The first-order valence-electron chi connectivity index (χ1n) is 6.06. The highest BCUT2D eigenvalue weighted by Gasteiger charge is 2.34. The van der Waals surface area contributed by atoms with E-state index in [1.54, 1.807) is 0 Å². The van der Waals surface area contributed by atoms with Gasteiger partial charge in [-0.3, -0.25) is 0 Å². The Hall–Kier alpha value is -0.160. The van der Waals surface area contributed by atoms with E-state index in [-0.39, 0.29) is 13.2 Å². The second-order valence-electron chi connectivity index (χ2n) is 5.73. The van der Waals surface area contributed by atoms with Gasteiger partial charge in [0.25, 0.3) is 0 Å². The zero-order valence-electron chi connectivity index (χ0n) is 10.4. The molecule has 0 aromatic carbocycles. The molecule has 0 aromatic rings. The average molecular weight is 231 g/mol. The summed E-state index contributed by atoms with van der Waals surface area (Å²) in [6.45, 7) is 3.01. The average Bonchev–Trinajstić information content (AvgIpc) is 2.64. The van der Waals surface area contributed by atoms with Gasteiger partial charge in [-0.1, -0.05) is 19.8 Å². The predicted octanol–water partition coefficient (Wildman–Crippen LogP) is 0.214. The van der Waals surface area contributed by atoms with Crippen LogP contribution in [0.1, 0.15) is 32.6 Å². The van der Waals surface area contributed by atoms with Gasteiger partial charge in [0.2, 0.25) is 0 Å². The van der Waals surface area contributed by atoms with E-state index in [9.17, 15) is 15.3 Å². The molecule has 1 rings (SSSR count). The van der Waals surface area contributed by atoms with Crippen molar-refractivity contribution >= 4 is 0 Å². The fraction of sp³-hybridized carbons (Fsp3) is 1.00. The van der Waals surface area contributed by atoms with Gasteiger partial charge in [-0.05, 0) is 19.9 Å². The number of nitrogens with zero attached hydrogens (tertiary/aromatic N) is 1. The maximum absolute atomic E-state index is 10.2. The molecule has 16 heavy (non-hydrogen) atoms. The SMILES string of the molecule is CN(CC(C)(CO)CO)CC1(O)CCCC1. The first-order chi connectivity index (χ1) is 7.43. The Morgan fingerprint density at radius 2 is 1.69 bits per heavy atom. The molecular weight excluding hydrogens is 206 g/mol. The molecule has 0 unspecified atom stereocenters. The number of rotatable bonds is 6. The van der Waals surface area contributed by atoms with Gasteiger partial charge in [0.1, 0.15) is 0 Å². The highest BCUT2D eigenvalue weighted by Crippen LogP contribution is 2.30. The van der Waals surface area contributed by atoms with Gasteiger partial charge in [-0.25, -0.2) is 0 Å². The molecule has 3 N–H and O–H groups in total. The first kappa shape index (κ1) is 13.9. The van der Waals surface area contributed by atoms with Crippen LogP contribution in [0.2, 0.25) is 0 Å². The van der Waals surface area contributed by atoms with Gasteiger partial charge in [-0.2, -0.15) is 0 Å². The number of likely N-dealkylation sites (N-methyl/N-ethyl adjacent to an activating group) is 1. The van der Waals surface area contributed by atoms with E-state index >= 15 is 0 Å². The molecule has 1 saturated carbocycles. The summed E-state index contributed by atoms with van der Waals surface area (Å²) in [7, 11) is 1.93. The van der Waals surface area contributed by atoms with E-state index < -0.39 is 11.0 Å². The fourth-order valence-corrected chi connectivity index (χ4v) is 2.55. The van der Waals surface area contributed by atoms with Crippen LogP contribution in [0.15, 0.2) is 0 Å². The normalized spacial score (nSPS) is 20.6. The van der Waals surface area contributed by atoms with E-state index in [0.29, 0.717) is 13.1 Å². The maximum Gasteiger partial charge on any atom is 0.0774 e. The molecule has 1 aliphatic rings. The van der Waals surface area contributed by atoms with Crippen molar-refractivity contribution in [2.75, 3.05) is 33.4 Å². The first-order valence-corrected chi connectivity index (χ1v) is 6.06. The Balaban J connectivity index is 2.43. The Morgan fingerprint density at radius 3 is 2.12 bits per heavy atom. The molecule has 0 heterocycles. The van der Waals surface area contributed by atoms with E-state index in [2.05, 4.69) is 0 Å². The third kappa shape index (κ3) is 3.70. The van der Waals surface area contributed by atoms with E-state index in [0.717, 1.165) is 25.7 Å². The minimum Gasteiger partial charge on any atom is -0.396 e. The zero-order valence-corrected chi connectivity index (χ0v) is 10.4. The van der Waals surface area contributed by atoms with Gasteiger partial charge in [-0.15, -0.1) is 0 Å². The van der Waals surface area contributed by atoms with Crippen molar-refractivity contribution in [1.29, 1.82) is 0 Å². The van der Waals surface area contributed by atoms with Crippen molar-refractivity contribution in [3.8, 4) is 0 Å². The molecule has 0 radical (unpaired) electrons. The molecule has 0 amide bonds. The lowest BCUT2D eigenvalue weighted by Crippen LogP contribution is -2.45. The maximum atomic E-state index is 10.2. The number of hydrogen-bond donors (Lipinski definition) is 3. The van der Waals surface area contributed by atoms with Crippen molar-refractivity contribution in [2.24, 2.45) is 5.41 Å². The fourth-order valence-electron chi connectivity index (χ4n) is 2.55. The van der Waals surface area contributed by atoms with Crippen LogP contribution in [0, 0.1) is 5.41 Å². The van der Waals surface area contributed by atoms with Crippen molar-refractivity contribution in [1.82, 2.24) is 4.90 Å². The third-order valence-corrected chi connectivity index (χ3v) is 3.51. The van der Waals surface area contributed by atoms with Crippen LogP contribution in [0.5, 0.6) is 0 Å². The van der Waals surface area contributed by atoms with Crippen LogP contribution in [0.25, 0.3) is 0 Å². The van der Waals surface area contributed by atoms with Crippen molar-refractivity contribution < 1.29 is 15.3 Å². The molecule has 0 spiro atoms. The predicted molar refractivity (Wildman–Crippen MR) is 63.2 cm³/mol. The Kier molecular flexibility index (Phi) is 4.73. The van der Waals surface area contributed by atoms with Crippen LogP contribution in [-0.2, 0) is 0 Å². The molecule has 96 valence electrons. The Bertz CT molecular complexity index is 204. The van der Waals surface area contributed by atoms with Crippen LogP contribution in [0.4, 0.5) is 0 Å². The van der Waals surface area contributed by atoms with E-state index in [1.807, 2.05) is 18.9 Å². The number of aliphatic hydroxyl groups excluding tert-OH is 2. The molecule has 0 aliphatic heterocycles. The van der Waals surface area contributed by atoms with E-state index in [4.69, 9.17) is 0 Å². The smallest absolute Gasteiger partial charge is 0.0774 e. The summed E-state index contributed by atoms with van der Waals surface area (Å²) in [6.07, 6.45) is 3.93. The Morgan fingerprint density at radius 1 is 1.19 bits per heavy atom. The zero-order chi connectivity index (χ0) is 12.2. The molecule has 0 aromatic heterocycles. The molecule has 0 bridgehead atoms. The van der Waals surface area contributed by atoms with Crippen molar-refractivity contribution in [2.45, 2.75) is 38.2 Å². The highest BCUT2D eigenvalue weighted by atomic mass is 16.3. The van der Waals surface area contributed by atoms with Crippen LogP contribution in [-0.4, -0.2) is 59.2 Å². The number of aliphatic hydroxyl groups is 3. The molecule has 1 fully saturated rings. The molecule has 0 saturated heterocycles. The molecule has 0 atom stereocenters. The Labute approximate surface area is 97.9 Å². The molecule has 4 nitrogen and oxygen atoms in total. The summed E-state index contributed by atoms with van der Waals surface area (Å²) in [5.41, 5.74) is -1.04. The third-order valence-electron chi connectivity index (χ3n) is 3.51. The summed E-state index contributed by atoms with van der Waals surface area (Å²) in [5, 5.41) is 28.7. The number of hydrogen-bond acceptors (Lipinski definition) is 4. The second-order valence-corrected chi connectivity index (χ2v) is 5.73. The second kappa shape index (κ2) is 5.45. The molecular formula is C12H25NO3. The van der Waals surface area contributed by atoms with E-state index in [1.165, 1.54) is 0 Å². The van der Waals surface area contributed by atoms with Gasteiger partial charge < -0.3 is 20.2 Å². The minimum atomic E-state index is -0.555. The van der Waals surface area contributed by atoms with Crippen LogP contribution >= 0.6 is 0 Å². The van der Waals surface area contributed by atoms with Gasteiger partial charge in [0, 0.05) is 18.5 Å². The van der Waals surface area contributed by atoms with Crippen molar-refractivity contribution in [3.05, 3.63) is 0 Å². The quantitative estimate of drug-likeness (QED) is 0.611. The minimum absolute atomic E-state index is 0.0354. The largest absolute Gasteiger partial charge is 0.396 e. The molecule has 4 heteroatoms.